The molecule has 0 saturated carbocycles. The van der Waals surface area contributed by atoms with Crippen molar-refractivity contribution in [3.05, 3.63) is 17.1 Å². The van der Waals surface area contributed by atoms with Gasteiger partial charge < -0.3 is 0 Å². The molecule has 0 atom stereocenters. The molecule has 0 aromatic rings. The van der Waals surface area contributed by atoms with Crippen molar-refractivity contribution < 1.29 is 4.79 Å². The Bertz CT molecular complexity index is 207. The fraction of sp³-hybridized carbons (Fsp3) is 0.667. The maximum Gasteiger partial charge on any atom is 0.158 e. The van der Waals surface area contributed by atoms with Gasteiger partial charge in [0.25, 0.3) is 0 Å². The van der Waals surface area contributed by atoms with Crippen LogP contribution in [0.3, 0.4) is 0 Å². The number of nitrogens with zero attached hydrogens (tertiary/aromatic N) is 1. The molecule has 0 heterocycles. The highest BCUT2D eigenvalue weighted by molar-refractivity contribution is 5.94. The van der Waals surface area contributed by atoms with Crippen molar-refractivity contribution in [3.63, 3.8) is 0 Å². The summed E-state index contributed by atoms with van der Waals surface area (Å²) in [4.78, 5) is 21.3. The molecule has 12 heavy (non-hydrogen) atoms. The first-order valence-corrected chi connectivity index (χ1v) is 3.92. The number of hydrogen-bond donors (Lipinski definition) is 0. The zero-order valence-electron chi connectivity index (χ0n) is 7.89. The van der Waals surface area contributed by atoms with E-state index >= 15 is 0 Å². The van der Waals surface area contributed by atoms with Crippen LogP contribution >= 0.6 is 0 Å². The van der Waals surface area contributed by atoms with Gasteiger partial charge in [-0.25, -0.2) is 0 Å². The van der Waals surface area contributed by atoms with Gasteiger partial charge in [0.05, 0.1) is 5.54 Å². The summed E-state index contributed by atoms with van der Waals surface area (Å²) in [6.45, 7) is 8.62. The first-order chi connectivity index (χ1) is 5.39. The Morgan fingerprint density at radius 2 is 2.00 bits per heavy atom. The third-order valence-corrected chi connectivity index (χ3v) is 1.69. The monoisotopic (exact) mass is 169 g/mol. The van der Waals surface area contributed by atoms with Crippen LogP contribution in [-0.4, -0.2) is 11.3 Å². The quantitative estimate of drug-likeness (QED) is 0.468. The van der Waals surface area contributed by atoms with E-state index in [0.717, 1.165) is 0 Å². The summed E-state index contributed by atoms with van der Waals surface area (Å²) in [6.07, 6.45) is 0.844. The molecule has 0 aliphatic rings. The molecule has 0 bridgehead atoms. The predicted octanol–water partition coefficient (Wildman–Crippen LogP) is 2.46. The molecule has 0 amide bonds. The SMILES string of the molecule is C=C(C)C(=O)CCC(C)(C)N=O. The second kappa shape index (κ2) is 4.14. The Morgan fingerprint density at radius 3 is 2.33 bits per heavy atom. The fourth-order valence-electron chi connectivity index (χ4n) is 0.678. The van der Waals surface area contributed by atoms with Gasteiger partial charge in [0.15, 0.2) is 5.78 Å². The largest absolute Gasteiger partial charge is 0.295 e. The van der Waals surface area contributed by atoms with Gasteiger partial charge in [-0.1, -0.05) is 11.8 Å². The second-order valence-electron chi connectivity index (χ2n) is 3.61. The molecule has 3 heteroatoms. The van der Waals surface area contributed by atoms with Crippen LogP contribution in [0.1, 0.15) is 33.6 Å². The number of rotatable bonds is 5. The highest BCUT2D eigenvalue weighted by Gasteiger charge is 2.19. The van der Waals surface area contributed by atoms with Crippen LogP contribution in [0.25, 0.3) is 0 Å². The van der Waals surface area contributed by atoms with E-state index in [4.69, 9.17) is 0 Å². The van der Waals surface area contributed by atoms with Crippen LogP contribution in [0.5, 0.6) is 0 Å². The zero-order chi connectivity index (χ0) is 9.78. The number of allylic oxidation sites excluding steroid dienone is 1. The van der Waals surface area contributed by atoms with Crippen LogP contribution in [0.15, 0.2) is 17.3 Å². The number of nitroso groups, excluding NO2 is 1. The third-order valence-electron chi connectivity index (χ3n) is 1.69. The third kappa shape index (κ3) is 4.01. The van der Waals surface area contributed by atoms with Crippen LogP contribution < -0.4 is 0 Å². The molecular weight excluding hydrogens is 154 g/mol. The molecule has 0 unspecified atom stereocenters. The van der Waals surface area contributed by atoms with E-state index < -0.39 is 5.54 Å². The average Bonchev–Trinajstić information content (AvgIpc) is 2.00. The highest BCUT2D eigenvalue weighted by atomic mass is 16.3. The molecule has 0 aromatic heterocycles. The normalized spacial score (nSPS) is 10.9. The number of ketones is 1. The Kier molecular flexibility index (Phi) is 3.80. The van der Waals surface area contributed by atoms with E-state index in [-0.39, 0.29) is 5.78 Å². The number of hydrogen-bond acceptors (Lipinski definition) is 3. The van der Waals surface area contributed by atoms with Gasteiger partial charge in [-0.2, -0.15) is 4.91 Å². The lowest BCUT2D eigenvalue weighted by molar-refractivity contribution is -0.115. The summed E-state index contributed by atoms with van der Waals surface area (Å²) in [5.74, 6) is 0.00623. The van der Waals surface area contributed by atoms with Crippen molar-refractivity contribution in [2.75, 3.05) is 0 Å². The molecule has 0 aliphatic heterocycles. The number of carbonyl (C=O) groups is 1. The van der Waals surface area contributed by atoms with Crippen LogP contribution in [-0.2, 0) is 4.79 Å². The Balaban J connectivity index is 3.91. The topological polar surface area (TPSA) is 46.5 Å². The minimum Gasteiger partial charge on any atom is -0.295 e. The molecular formula is C9H15NO2. The van der Waals surface area contributed by atoms with Gasteiger partial charge in [0.2, 0.25) is 0 Å². The summed E-state index contributed by atoms with van der Waals surface area (Å²) < 4.78 is 0. The van der Waals surface area contributed by atoms with E-state index in [2.05, 4.69) is 11.8 Å². The molecule has 0 saturated heterocycles. The summed E-state index contributed by atoms with van der Waals surface area (Å²) >= 11 is 0. The molecule has 3 nitrogen and oxygen atoms in total. The maximum atomic E-state index is 11.1. The Morgan fingerprint density at radius 1 is 1.50 bits per heavy atom. The summed E-state index contributed by atoms with van der Waals surface area (Å²) in [7, 11) is 0. The van der Waals surface area contributed by atoms with Crippen molar-refractivity contribution >= 4 is 5.78 Å². The van der Waals surface area contributed by atoms with Crippen LogP contribution in [0.4, 0.5) is 0 Å². The summed E-state index contributed by atoms with van der Waals surface area (Å²) in [5, 5.41) is 2.92. The van der Waals surface area contributed by atoms with Crippen molar-refractivity contribution in [2.45, 2.75) is 39.2 Å². The fourth-order valence-corrected chi connectivity index (χ4v) is 0.678. The maximum absolute atomic E-state index is 11.1. The van der Waals surface area contributed by atoms with Gasteiger partial charge in [0, 0.05) is 6.42 Å². The molecule has 0 aliphatic carbocycles. The van der Waals surface area contributed by atoms with E-state index in [9.17, 15) is 9.70 Å². The van der Waals surface area contributed by atoms with Gasteiger partial charge in [-0.3, -0.25) is 4.79 Å². The average molecular weight is 169 g/mol. The summed E-state index contributed by atoms with van der Waals surface area (Å²) in [5.41, 5.74) is -0.0952. The highest BCUT2D eigenvalue weighted by Crippen LogP contribution is 2.16. The van der Waals surface area contributed by atoms with Gasteiger partial charge >= 0.3 is 0 Å². The molecule has 68 valence electrons. The second-order valence-corrected chi connectivity index (χ2v) is 3.61. The molecule has 0 radical (unpaired) electrons. The minimum absolute atomic E-state index is 0.00623. The first-order valence-electron chi connectivity index (χ1n) is 3.92. The first kappa shape index (κ1) is 11.0. The standard InChI is InChI=1S/C9H15NO2/c1-7(2)8(11)5-6-9(3,4)10-12/h1,5-6H2,2-4H3. The predicted molar refractivity (Wildman–Crippen MR) is 48.9 cm³/mol. The van der Waals surface area contributed by atoms with Crippen molar-refractivity contribution in [3.8, 4) is 0 Å². The van der Waals surface area contributed by atoms with Crippen molar-refractivity contribution in [1.29, 1.82) is 0 Å². The lowest BCUT2D eigenvalue weighted by Crippen LogP contribution is -2.17. The zero-order valence-corrected chi connectivity index (χ0v) is 7.89. The van der Waals surface area contributed by atoms with Crippen molar-refractivity contribution in [1.82, 2.24) is 0 Å². The number of Topliss-reactive ketones (excluding diaryl/α,β-unsaturated/α-hetero) is 1. The lowest BCUT2D eigenvalue weighted by Gasteiger charge is -2.13. The number of carbonyl (C=O) groups excluding carboxylic acids is 1. The molecule has 0 spiro atoms. The summed E-state index contributed by atoms with van der Waals surface area (Å²) in [6, 6.07) is 0. The van der Waals surface area contributed by atoms with Crippen molar-refractivity contribution in [2.24, 2.45) is 5.18 Å². The molecule has 0 fully saturated rings. The van der Waals surface area contributed by atoms with Gasteiger partial charge in [-0.05, 0) is 32.8 Å². The smallest absolute Gasteiger partial charge is 0.158 e. The van der Waals surface area contributed by atoms with E-state index in [1.807, 2.05) is 0 Å². The molecule has 0 N–H and O–H groups in total. The van der Waals surface area contributed by atoms with Gasteiger partial charge in [-0.15, -0.1) is 0 Å². The van der Waals surface area contributed by atoms with E-state index in [0.29, 0.717) is 18.4 Å². The van der Waals surface area contributed by atoms with E-state index in [1.165, 1.54) is 0 Å². The minimum atomic E-state index is -0.634. The van der Waals surface area contributed by atoms with Gasteiger partial charge in [0.1, 0.15) is 0 Å². The van der Waals surface area contributed by atoms with Crippen LogP contribution in [0, 0.1) is 4.91 Å². The Hall–Kier alpha value is -0.990. The van der Waals surface area contributed by atoms with E-state index in [1.54, 1.807) is 20.8 Å². The lowest BCUT2D eigenvalue weighted by atomic mass is 9.97. The van der Waals surface area contributed by atoms with Crippen LogP contribution in [0.2, 0.25) is 0 Å². The Labute approximate surface area is 72.8 Å². The molecule has 0 rings (SSSR count). The molecule has 0 aromatic carbocycles.